The molecule has 0 saturated carbocycles. The van der Waals surface area contributed by atoms with Crippen molar-refractivity contribution in [2.75, 3.05) is 6.16 Å². The van der Waals surface area contributed by atoms with Gasteiger partial charge in [-0.25, -0.2) is 4.57 Å². The number of phosphoric acid groups is 1. The van der Waals surface area contributed by atoms with Crippen LogP contribution < -0.4 is 0 Å². The van der Waals surface area contributed by atoms with Gasteiger partial charge >= 0.3 is 74.5 Å². The summed E-state index contributed by atoms with van der Waals surface area (Å²) in [6, 6.07) is 0. The first-order chi connectivity index (χ1) is 4.56. The first-order valence-electron chi connectivity index (χ1n) is 2.39. The molecule has 0 rings (SSSR count). The summed E-state index contributed by atoms with van der Waals surface area (Å²) in [5, 5.41) is 0. The molecule has 0 aromatic carbocycles. The van der Waals surface area contributed by atoms with Crippen LogP contribution in [0.1, 0.15) is 6.92 Å². The molecule has 74 valence electrons. The van der Waals surface area contributed by atoms with E-state index in [4.69, 9.17) is 29.0 Å². The molecule has 0 atom stereocenters. The van der Waals surface area contributed by atoms with Gasteiger partial charge in [-0.15, -0.1) is 0 Å². The maximum absolute atomic E-state index is 9.69. The van der Waals surface area contributed by atoms with Crippen LogP contribution in [0.3, 0.4) is 0 Å². The van der Waals surface area contributed by atoms with Gasteiger partial charge in [-0.05, 0) is 0 Å². The van der Waals surface area contributed by atoms with Gasteiger partial charge in [0.1, 0.15) is 0 Å². The van der Waals surface area contributed by atoms with Crippen LogP contribution in [0.5, 0.6) is 0 Å². The zero-order valence-corrected chi connectivity index (χ0v) is 7.44. The molecule has 0 unspecified atom stereocenters. The Morgan fingerprint density at radius 1 is 0.923 bits per heavy atom. The van der Waals surface area contributed by atoms with E-state index >= 15 is 0 Å². The molecule has 0 bridgehead atoms. The summed E-state index contributed by atoms with van der Waals surface area (Å²) in [6.07, 6.45) is -0.0625. The van der Waals surface area contributed by atoms with E-state index in [9.17, 15) is 4.57 Å². The summed E-state index contributed by atoms with van der Waals surface area (Å²) in [5.74, 6) is 0. The zero-order chi connectivity index (χ0) is 9.71. The predicted octanol–water partition coefficient (Wildman–Crippen LogP) is -2.04. The molecule has 0 fully saturated rings. The van der Waals surface area contributed by atoms with Crippen molar-refractivity contribution >= 4 is 74.5 Å². The fraction of sp³-hybridized carbons (Fsp3) is 1.00. The molecule has 0 saturated heterocycles. The molecule has 5 N–H and O–H groups in total. The van der Waals surface area contributed by atoms with Crippen LogP contribution in [0.2, 0.25) is 0 Å². The second-order valence-electron chi connectivity index (χ2n) is 1.49. The Hall–Kier alpha value is 2.26. The van der Waals surface area contributed by atoms with E-state index in [1.165, 1.54) is 6.92 Å². The molecule has 13 heavy (non-hydrogen) atoms. The Morgan fingerprint density at radius 3 is 1.00 bits per heavy atom. The summed E-state index contributed by atoms with van der Waals surface area (Å²) < 4.78 is 18.6. The van der Waals surface area contributed by atoms with Gasteiger partial charge in [0, 0.05) is 6.16 Å². The zero-order valence-electron chi connectivity index (χ0n) is 5.65. The second kappa shape index (κ2) is 10.8. The Kier molecular flexibility index (Phi) is 20.3. The van der Waals surface area contributed by atoms with Crippen molar-refractivity contribution in [2.24, 2.45) is 0 Å². The third-order valence-corrected chi connectivity index (χ3v) is 1.24. The fourth-order valence-corrected chi connectivity index (χ4v) is 0. The van der Waals surface area contributed by atoms with Crippen LogP contribution in [0.25, 0.3) is 0 Å². The van der Waals surface area contributed by atoms with E-state index in [0.717, 1.165) is 0 Å². The van der Waals surface area contributed by atoms with Gasteiger partial charge in [-0.1, -0.05) is 6.92 Å². The van der Waals surface area contributed by atoms with Gasteiger partial charge in [0.25, 0.3) is 0 Å². The van der Waals surface area contributed by atoms with E-state index in [1.54, 1.807) is 0 Å². The van der Waals surface area contributed by atoms with E-state index in [-0.39, 0.29) is 65.3 Å². The van der Waals surface area contributed by atoms with Gasteiger partial charge in [0.15, 0.2) is 0 Å². The topological polar surface area (TPSA) is 135 Å². The SMILES string of the molecule is CCP(=O)(O)O.O=P(O)(O)O.[NaH].[NaH]. The average Bonchev–Trinajstić information content (AvgIpc) is 1.59. The molecule has 0 heterocycles. The maximum atomic E-state index is 9.69. The van der Waals surface area contributed by atoms with Gasteiger partial charge in [0.05, 0.1) is 0 Å². The normalized spacial score (nSPS) is 10.0. The van der Waals surface area contributed by atoms with Crippen LogP contribution in [-0.2, 0) is 9.13 Å². The molecule has 0 aliphatic carbocycles. The Bertz CT molecular complexity index is 175. The summed E-state index contributed by atoms with van der Waals surface area (Å²) in [6.45, 7) is 1.45. The number of hydrogen-bond donors (Lipinski definition) is 5. The van der Waals surface area contributed by atoms with Crippen molar-refractivity contribution in [1.82, 2.24) is 0 Å². The Balaban J connectivity index is -0.0000000546. The van der Waals surface area contributed by atoms with Gasteiger partial charge in [-0.2, -0.15) is 0 Å². The van der Waals surface area contributed by atoms with Gasteiger partial charge < -0.3 is 24.5 Å². The molecular formula is C2H12Na2O7P2. The molecule has 0 aromatic rings. The summed E-state index contributed by atoms with van der Waals surface area (Å²) in [4.78, 5) is 37.4. The minimum atomic E-state index is -4.64. The standard InChI is InChI=1S/C2H7O3P.2Na.H3O4P.2H/c1-2-6(3,4)5;;;1-5(2,3)4;;/h2H2,1H3,(H2,3,4,5);;;(H3,1,2,3,4);;. The van der Waals surface area contributed by atoms with Crippen molar-refractivity contribution < 1.29 is 33.6 Å². The van der Waals surface area contributed by atoms with Crippen LogP contribution in [0.15, 0.2) is 0 Å². The molecule has 11 heteroatoms. The minimum absolute atomic E-state index is 0. The molecule has 7 nitrogen and oxygen atoms in total. The number of hydrogen-bond acceptors (Lipinski definition) is 2. The first kappa shape index (κ1) is 24.5. The summed E-state index contributed by atoms with van der Waals surface area (Å²) in [7, 11) is -8.29. The summed E-state index contributed by atoms with van der Waals surface area (Å²) >= 11 is 0. The quantitative estimate of drug-likeness (QED) is 0.269. The molecule has 0 aliphatic rings. The van der Waals surface area contributed by atoms with Crippen LogP contribution >= 0.6 is 15.4 Å². The Labute approximate surface area is 120 Å². The van der Waals surface area contributed by atoms with Crippen molar-refractivity contribution in [2.45, 2.75) is 6.92 Å². The molecule has 0 amide bonds. The van der Waals surface area contributed by atoms with E-state index in [1.807, 2.05) is 0 Å². The monoisotopic (exact) mass is 256 g/mol. The molecule has 0 aliphatic heterocycles. The Morgan fingerprint density at radius 2 is 1.00 bits per heavy atom. The second-order valence-corrected chi connectivity index (χ2v) is 4.48. The molecule has 0 spiro atoms. The van der Waals surface area contributed by atoms with Crippen molar-refractivity contribution in [1.29, 1.82) is 0 Å². The van der Waals surface area contributed by atoms with Crippen molar-refractivity contribution in [3.63, 3.8) is 0 Å². The van der Waals surface area contributed by atoms with E-state index in [0.29, 0.717) is 0 Å². The van der Waals surface area contributed by atoms with Gasteiger partial charge in [0.2, 0.25) is 0 Å². The predicted molar refractivity (Wildman–Crippen MR) is 51.1 cm³/mol. The third-order valence-electron chi connectivity index (χ3n) is 0.412. The van der Waals surface area contributed by atoms with E-state index < -0.39 is 15.4 Å². The third kappa shape index (κ3) is 77.5. The molecule has 0 radical (unpaired) electrons. The molecular weight excluding hydrogens is 244 g/mol. The first-order valence-corrected chi connectivity index (χ1v) is 5.75. The van der Waals surface area contributed by atoms with Crippen molar-refractivity contribution in [3.05, 3.63) is 0 Å². The van der Waals surface area contributed by atoms with Crippen molar-refractivity contribution in [3.8, 4) is 0 Å². The fourth-order valence-electron chi connectivity index (χ4n) is 0. The van der Waals surface area contributed by atoms with Crippen LogP contribution in [0, 0.1) is 0 Å². The van der Waals surface area contributed by atoms with Gasteiger partial charge in [-0.3, -0.25) is 4.57 Å². The average molecular weight is 256 g/mol. The van der Waals surface area contributed by atoms with E-state index in [2.05, 4.69) is 0 Å². The van der Waals surface area contributed by atoms with Crippen LogP contribution in [-0.4, -0.2) is 89.7 Å². The number of rotatable bonds is 1. The molecule has 0 aromatic heterocycles. The van der Waals surface area contributed by atoms with Crippen LogP contribution in [0.4, 0.5) is 0 Å². The summed E-state index contributed by atoms with van der Waals surface area (Å²) in [5.41, 5.74) is 0.